The third kappa shape index (κ3) is 60.8. The maximum atomic E-state index is 13.6. The summed E-state index contributed by atoms with van der Waals surface area (Å²) in [5.74, 6) is -0.554. The molecule has 0 aliphatic rings. The van der Waals surface area contributed by atoms with E-state index in [4.69, 9.17) is 13.8 Å². The summed E-state index contributed by atoms with van der Waals surface area (Å²) in [5, 5.41) is 3.05. The van der Waals surface area contributed by atoms with Gasteiger partial charge in [-0.05, 0) is 122 Å². The first kappa shape index (κ1) is 77.4. The van der Waals surface area contributed by atoms with Crippen LogP contribution in [0.4, 0.5) is 0 Å². The van der Waals surface area contributed by atoms with Crippen LogP contribution in [0.2, 0.25) is 0 Å². The summed E-state index contributed by atoms with van der Waals surface area (Å²) in [6.07, 6.45) is 83.3. The highest BCUT2D eigenvalue weighted by Gasteiger charge is 2.30. The Kier molecular flexibility index (Phi) is 56.9. The number of nitrogens with zero attached hydrogens (tertiary/aromatic N) is 1. The first-order valence-electron chi connectivity index (χ1n) is 32.9. The second kappa shape index (κ2) is 59.6. The molecule has 0 heterocycles. The van der Waals surface area contributed by atoms with Crippen molar-refractivity contribution >= 4 is 19.7 Å². The van der Waals surface area contributed by atoms with Crippen molar-refractivity contribution in [2.45, 2.75) is 277 Å². The van der Waals surface area contributed by atoms with E-state index in [1.165, 1.54) is 83.5 Å². The van der Waals surface area contributed by atoms with Crippen molar-refractivity contribution in [3.63, 3.8) is 0 Å². The van der Waals surface area contributed by atoms with Gasteiger partial charge in [-0.1, -0.05) is 252 Å². The number of likely N-dealkylation sites (N-methyl/N-ethyl adjacent to an activating group) is 1. The zero-order valence-corrected chi connectivity index (χ0v) is 53.9. The molecule has 0 saturated carbocycles. The van der Waals surface area contributed by atoms with Crippen molar-refractivity contribution in [2.75, 3.05) is 40.9 Å². The molecule has 1 amide bonds. The van der Waals surface area contributed by atoms with Gasteiger partial charge in [-0.3, -0.25) is 18.6 Å². The first-order valence-corrected chi connectivity index (χ1v) is 34.4. The number of hydrogen-bond donors (Lipinski definition) is 2. The van der Waals surface area contributed by atoms with Crippen LogP contribution < -0.4 is 5.32 Å². The maximum Gasteiger partial charge on any atom is 0.472 e. The summed E-state index contributed by atoms with van der Waals surface area (Å²) in [6, 6.07) is -0.875. The average molecular weight is 1150 g/mol. The minimum atomic E-state index is -4.47. The van der Waals surface area contributed by atoms with Gasteiger partial charge in [0.25, 0.3) is 0 Å². The number of allylic oxidation sites excluding steroid dienone is 19. The Bertz CT molecular complexity index is 1800. The lowest BCUT2D eigenvalue weighted by Crippen LogP contribution is -2.47. The van der Waals surface area contributed by atoms with Gasteiger partial charge in [-0.25, -0.2) is 4.57 Å². The molecular weight excluding hydrogens is 1020 g/mol. The van der Waals surface area contributed by atoms with Gasteiger partial charge in [0.05, 0.1) is 33.8 Å². The summed E-state index contributed by atoms with van der Waals surface area (Å²) in [4.78, 5) is 37.8. The molecule has 0 aromatic heterocycles. The predicted octanol–water partition coefficient (Wildman–Crippen LogP) is 20.7. The number of nitrogens with one attached hydrogen (secondary N) is 1. The lowest BCUT2D eigenvalue weighted by atomic mass is 10.0. The van der Waals surface area contributed by atoms with Gasteiger partial charge < -0.3 is 19.4 Å². The van der Waals surface area contributed by atoms with Crippen LogP contribution in [-0.4, -0.2) is 74.3 Å². The molecule has 3 atom stereocenters. The lowest BCUT2D eigenvalue weighted by molar-refractivity contribution is -0.870. The van der Waals surface area contributed by atoms with Crippen LogP contribution in [0.3, 0.4) is 0 Å². The molecule has 0 aliphatic heterocycles. The zero-order chi connectivity index (χ0) is 59.3. The van der Waals surface area contributed by atoms with Gasteiger partial charge >= 0.3 is 13.8 Å². The lowest BCUT2D eigenvalue weighted by Gasteiger charge is -2.27. The highest BCUT2D eigenvalue weighted by atomic mass is 31.2. The Morgan fingerprint density at radius 2 is 0.790 bits per heavy atom. The summed E-state index contributed by atoms with van der Waals surface area (Å²) in [7, 11) is 1.46. The van der Waals surface area contributed by atoms with Crippen LogP contribution in [0.15, 0.2) is 122 Å². The molecular formula is C71H124N2O7P+. The number of hydrogen-bond acceptors (Lipinski definition) is 6. The Morgan fingerprint density at radius 1 is 0.444 bits per heavy atom. The second-order valence-electron chi connectivity index (χ2n) is 22.9. The van der Waals surface area contributed by atoms with Gasteiger partial charge in [-0.2, -0.15) is 0 Å². The number of phosphoric acid groups is 1. The molecule has 0 rings (SSSR count). The van der Waals surface area contributed by atoms with Crippen molar-refractivity contribution in [3.05, 3.63) is 122 Å². The fraction of sp³-hybridized carbons (Fsp3) is 0.690. The Morgan fingerprint density at radius 3 is 1.21 bits per heavy atom. The molecule has 0 spiro atoms. The maximum absolute atomic E-state index is 13.6. The van der Waals surface area contributed by atoms with E-state index in [2.05, 4.69) is 135 Å². The van der Waals surface area contributed by atoms with E-state index in [9.17, 15) is 19.0 Å². The monoisotopic (exact) mass is 1150 g/mol. The molecule has 9 nitrogen and oxygen atoms in total. The number of rotatable bonds is 58. The third-order valence-corrected chi connectivity index (χ3v) is 14.9. The van der Waals surface area contributed by atoms with E-state index >= 15 is 0 Å². The van der Waals surface area contributed by atoms with Gasteiger partial charge in [0.15, 0.2) is 0 Å². The number of ether oxygens (including phenoxy) is 1. The van der Waals surface area contributed by atoms with Crippen LogP contribution in [0.5, 0.6) is 0 Å². The third-order valence-electron chi connectivity index (χ3n) is 13.9. The number of phosphoric ester groups is 1. The molecule has 2 N–H and O–H groups in total. The van der Waals surface area contributed by atoms with E-state index < -0.39 is 20.0 Å². The smallest absolute Gasteiger partial charge is 0.456 e. The van der Waals surface area contributed by atoms with Crippen LogP contribution in [0.1, 0.15) is 265 Å². The molecule has 0 aromatic carbocycles. The molecule has 0 saturated heterocycles. The summed E-state index contributed by atoms with van der Waals surface area (Å²) in [5.41, 5.74) is 0. The number of carbonyl (C=O) groups is 2. The Hall–Kier alpha value is -3.59. The Balaban J connectivity index is 5.32. The van der Waals surface area contributed by atoms with Crippen molar-refractivity contribution in [2.24, 2.45) is 0 Å². The number of carbonyl (C=O) groups excluding carboxylic acids is 2. The molecule has 3 unspecified atom stereocenters. The molecule has 0 radical (unpaired) electrons. The van der Waals surface area contributed by atoms with Gasteiger partial charge in [0.2, 0.25) is 5.91 Å². The van der Waals surface area contributed by atoms with E-state index in [0.717, 1.165) is 141 Å². The second-order valence-corrected chi connectivity index (χ2v) is 24.4. The molecule has 0 aromatic rings. The fourth-order valence-corrected chi connectivity index (χ4v) is 9.57. The van der Waals surface area contributed by atoms with Crippen LogP contribution in [0, 0.1) is 0 Å². The molecule has 81 heavy (non-hydrogen) atoms. The summed E-state index contributed by atoms with van der Waals surface area (Å²) >= 11 is 0. The van der Waals surface area contributed by atoms with Gasteiger partial charge in [0.1, 0.15) is 19.3 Å². The molecule has 0 fully saturated rings. The van der Waals surface area contributed by atoms with Crippen LogP contribution in [0.25, 0.3) is 0 Å². The van der Waals surface area contributed by atoms with Crippen molar-refractivity contribution in [1.82, 2.24) is 5.32 Å². The Labute approximate surface area is 499 Å². The molecule has 0 aliphatic carbocycles. The van der Waals surface area contributed by atoms with Gasteiger partial charge in [0, 0.05) is 12.8 Å². The predicted molar refractivity (Wildman–Crippen MR) is 350 cm³/mol. The molecule has 464 valence electrons. The summed E-state index contributed by atoms with van der Waals surface area (Å²) in [6.45, 7) is 6.84. The number of amides is 1. The molecule has 0 bridgehead atoms. The fourth-order valence-electron chi connectivity index (χ4n) is 8.83. The van der Waals surface area contributed by atoms with E-state index in [1.807, 2.05) is 33.3 Å². The number of quaternary nitrogens is 1. The zero-order valence-electron chi connectivity index (χ0n) is 53.0. The van der Waals surface area contributed by atoms with E-state index in [0.29, 0.717) is 23.9 Å². The number of unbranched alkanes of at least 4 members (excludes halogenated alkanes) is 24. The first-order chi connectivity index (χ1) is 39.4. The van der Waals surface area contributed by atoms with Gasteiger partial charge in [-0.15, -0.1) is 0 Å². The van der Waals surface area contributed by atoms with Crippen molar-refractivity contribution in [3.8, 4) is 0 Å². The minimum Gasteiger partial charge on any atom is -0.456 e. The van der Waals surface area contributed by atoms with E-state index in [1.54, 1.807) is 0 Å². The summed E-state index contributed by atoms with van der Waals surface area (Å²) < 4.78 is 30.7. The van der Waals surface area contributed by atoms with E-state index in [-0.39, 0.29) is 31.5 Å². The number of esters is 1. The highest BCUT2D eigenvalue weighted by Crippen LogP contribution is 2.43. The normalized spacial score (nSPS) is 14.4. The average Bonchev–Trinajstić information content (AvgIpc) is 3.44. The molecule has 10 heteroatoms. The minimum absolute atomic E-state index is 0.0266. The SMILES string of the molecule is CC/C=C\C/C=C\C/C=C\C/C=C\C/C=C\C/C=C\CCCCCCC(=O)OC(/C=C/CCCCCCCCCCCCC)C(COP(=O)(O)OCC[N+](C)(C)C)NC(=O)CCCCCCCC/C=C\C/C=C\C/C=C\CCCCC. The standard InChI is InChI=1S/C71H123N2O7P/c1-7-10-13-16-19-22-25-28-30-32-34-35-36-37-39-41-43-46-49-52-55-58-61-64-71(75)80-69(62-59-56-53-50-47-44-27-24-21-18-15-12-9-3)68(67-79-81(76,77)78-66-65-73(4,5)6)72-70(74)63-60-57-54-51-48-45-42-40-38-33-31-29-26-23-20-17-14-11-8-2/h10,13,19-20,22-23,28-31,34-35,37-40,43,46,59,62,68-69H,7-9,11-12,14-18,21,24-27,32-33,36,41-42,44-45,47-58,60-61,63-67H2,1-6H3,(H-,72,74,76,77)/p+1/b13-10-,22-19-,23-20-,30-28-,31-29-,35-34-,39-37-,40-38-,46-43-,62-59+. The van der Waals surface area contributed by atoms with Crippen LogP contribution in [-0.2, 0) is 27.9 Å². The topological polar surface area (TPSA) is 111 Å². The largest absolute Gasteiger partial charge is 0.472 e. The van der Waals surface area contributed by atoms with Crippen LogP contribution >= 0.6 is 7.82 Å². The van der Waals surface area contributed by atoms with Crippen molar-refractivity contribution in [1.29, 1.82) is 0 Å². The quantitative estimate of drug-likeness (QED) is 0.0205. The highest BCUT2D eigenvalue weighted by molar-refractivity contribution is 7.47. The van der Waals surface area contributed by atoms with Crippen molar-refractivity contribution < 1.29 is 37.3 Å².